The topological polar surface area (TPSA) is 182 Å². The van der Waals surface area contributed by atoms with Crippen LogP contribution in [0.3, 0.4) is 0 Å². The molecule has 13 nitrogen and oxygen atoms in total. The minimum atomic E-state index is -1.21. The minimum Gasteiger partial charge on any atom is -0.480 e. The maximum Gasteiger partial charge on any atom is 0.329 e. The number of benzene rings is 3. The first kappa shape index (κ1) is 33.8. The minimum absolute atomic E-state index is 0.0902. The van der Waals surface area contributed by atoms with Gasteiger partial charge in [0.2, 0.25) is 6.17 Å². The molecule has 15 heteroatoms. The molecule has 5 N–H and O–H groups in total. The highest BCUT2D eigenvalue weighted by molar-refractivity contribution is 6.39. The zero-order valence-electron chi connectivity index (χ0n) is 24.9. The molecule has 3 aromatic rings. The normalized spacial score (nSPS) is 15.6. The van der Waals surface area contributed by atoms with Crippen molar-refractivity contribution in [3.63, 3.8) is 0 Å². The number of carboxylic acids is 1. The molecule has 0 fully saturated rings. The number of aliphatic carboxylic acids is 1. The van der Waals surface area contributed by atoms with Crippen molar-refractivity contribution in [3.05, 3.63) is 86.9 Å². The number of ether oxygens (including phenoxy) is 3. The van der Waals surface area contributed by atoms with Crippen molar-refractivity contribution in [2.75, 3.05) is 55.5 Å². The molecule has 2 aliphatic heterocycles. The van der Waals surface area contributed by atoms with Gasteiger partial charge in [-0.1, -0.05) is 53.5 Å². The Morgan fingerprint density at radius 2 is 1.72 bits per heavy atom. The van der Waals surface area contributed by atoms with Gasteiger partial charge < -0.3 is 40.6 Å². The standard InChI is InChI=1S/C32H31Cl2N5O8/c33-23-14-20(15-24(34)26(23)35)30(42)38-29-32(44)39-7-6-19-12-22(13-21(16-36-29)27(19)39)37-31(43)28(18-4-2-1-3-5-18)47-11-10-45-8-9-46-17-25(40)41/h1-5,12-16,28-29H,6-11,17,35H2,(H,37,43)(H,38,42)(H,40,41)/t28?,29-/m0/s1. The molecule has 1 unspecified atom stereocenters. The molecule has 5 rings (SSSR count). The maximum atomic E-state index is 13.5. The molecule has 2 aliphatic rings. The third kappa shape index (κ3) is 8.25. The number of carbonyl (C=O) groups is 4. The van der Waals surface area contributed by atoms with Gasteiger partial charge in [0.25, 0.3) is 17.7 Å². The number of amides is 3. The lowest BCUT2D eigenvalue weighted by molar-refractivity contribution is -0.142. The number of anilines is 3. The third-order valence-electron chi connectivity index (χ3n) is 7.28. The van der Waals surface area contributed by atoms with E-state index in [4.69, 9.17) is 48.3 Å². The van der Waals surface area contributed by atoms with Crippen molar-refractivity contribution >= 4 is 70.2 Å². The van der Waals surface area contributed by atoms with Gasteiger partial charge in [-0.2, -0.15) is 0 Å². The van der Waals surface area contributed by atoms with Gasteiger partial charge in [0.05, 0.1) is 47.8 Å². The number of rotatable bonds is 14. The van der Waals surface area contributed by atoms with E-state index in [2.05, 4.69) is 15.6 Å². The molecule has 2 atom stereocenters. The second-order valence-electron chi connectivity index (χ2n) is 10.5. The van der Waals surface area contributed by atoms with Crippen LogP contribution in [0.25, 0.3) is 0 Å². The first-order valence-electron chi connectivity index (χ1n) is 14.5. The summed E-state index contributed by atoms with van der Waals surface area (Å²) >= 11 is 12.2. The third-order valence-corrected chi connectivity index (χ3v) is 7.91. The van der Waals surface area contributed by atoms with Crippen LogP contribution in [-0.2, 0) is 35.0 Å². The smallest absolute Gasteiger partial charge is 0.329 e. The fourth-order valence-corrected chi connectivity index (χ4v) is 5.61. The van der Waals surface area contributed by atoms with E-state index in [-0.39, 0.29) is 47.7 Å². The molecule has 0 saturated carbocycles. The van der Waals surface area contributed by atoms with E-state index in [0.717, 1.165) is 5.56 Å². The molecule has 47 heavy (non-hydrogen) atoms. The van der Waals surface area contributed by atoms with Gasteiger partial charge in [0, 0.05) is 29.6 Å². The van der Waals surface area contributed by atoms with Crippen LogP contribution in [-0.4, -0.2) is 80.8 Å². The number of aliphatic imine (C=N–C) groups is 1. The molecule has 0 radical (unpaired) electrons. The Labute approximate surface area is 279 Å². The number of nitrogens with one attached hydrogen (secondary N) is 2. The molecule has 0 aliphatic carbocycles. The van der Waals surface area contributed by atoms with E-state index in [9.17, 15) is 19.2 Å². The first-order chi connectivity index (χ1) is 22.6. The van der Waals surface area contributed by atoms with Crippen LogP contribution in [0.1, 0.15) is 33.2 Å². The van der Waals surface area contributed by atoms with Crippen molar-refractivity contribution < 1.29 is 38.5 Å². The molecule has 0 aromatic heterocycles. The fourth-order valence-electron chi connectivity index (χ4n) is 5.13. The summed E-state index contributed by atoms with van der Waals surface area (Å²) in [6, 6.07) is 15.2. The summed E-state index contributed by atoms with van der Waals surface area (Å²) in [6.45, 7) is 0.492. The summed E-state index contributed by atoms with van der Waals surface area (Å²) in [4.78, 5) is 56.4. The van der Waals surface area contributed by atoms with E-state index in [1.54, 1.807) is 41.3 Å². The fraction of sp³-hybridized carbons (Fsp3) is 0.281. The van der Waals surface area contributed by atoms with Gasteiger partial charge in [-0.3, -0.25) is 19.4 Å². The van der Waals surface area contributed by atoms with Crippen molar-refractivity contribution in [1.82, 2.24) is 5.32 Å². The van der Waals surface area contributed by atoms with Crippen molar-refractivity contribution in [2.45, 2.75) is 18.7 Å². The molecule has 0 saturated heterocycles. The second-order valence-corrected chi connectivity index (χ2v) is 11.3. The molecule has 2 heterocycles. The van der Waals surface area contributed by atoms with Gasteiger partial charge in [-0.25, -0.2) is 4.79 Å². The summed E-state index contributed by atoms with van der Waals surface area (Å²) < 4.78 is 16.3. The van der Waals surface area contributed by atoms with Crippen LogP contribution in [0.2, 0.25) is 10.0 Å². The van der Waals surface area contributed by atoms with Gasteiger partial charge in [0.15, 0.2) is 6.10 Å². The number of nitrogen functional groups attached to an aromatic ring is 1. The number of carboxylic acid groups (broad SMARTS) is 1. The Hall–Kier alpha value is -4.53. The number of nitrogens with zero attached hydrogens (tertiary/aromatic N) is 2. The van der Waals surface area contributed by atoms with Gasteiger partial charge in [0.1, 0.15) is 6.61 Å². The van der Waals surface area contributed by atoms with Gasteiger partial charge in [-0.05, 0) is 41.8 Å². The Morgan fingerprint density at radius 1 is 1.02 bits per heavy atom. The number of halogens is 2. The van der Waals surface area contributed by atoms with Crippen LogP contribution in [0, 0.1) is 0 Å². The highest BCUT2D eigenvalue weighted by Gasteiger charge is 2.35. The molecular formula is C32H31Cl2N5O8. The lowest BCUT2D eigenvalue weighted by Gasteiger charge is -2.22. The monoisotopic (exact) mass is 683 g/mol. The van der Waals surface area contributed by atoms with E-state index >= 15 is 0 Å². The zero-order valence-corrected chi connectivity index (χ0v) is 26.4. The molecular weight excluding hydrogens is 653 g/mol. The van der Waals surface area contributed by atoms with Gasteiger partial charge in [-0.15, -0.1) is 0 Å². The highest BCUT2D eigenvalue weighted by atomic mass is 35.5. The predicted octanol–water partition coefficient (Wildman–Crippen LogP) is 3.47. The lowest BCUT2D eigenvalue weighted by Crippen LogP contribution is -2.46. The Kier molecular flexibility index (Phi) is 11.1. The molecule has 3 amide bonds. The second kappa shape index (κ2) is 15.4. The van der Waals surface area contributed by atoms with E-state index in [1.165, 1.54) is 18.3 Å². The summed E-state index contributed by atoms with van der Waals surface area (Å²) in [7, 11) is 0. The average molecular weight is 685 g/mol. The van der Waals surface area contributed by atoms with E-state index < -0.39 is 42.6 Å². The van der Waals surface area contributed by atoms with Crippen molar-refractivity contribution in [1.29, 1.82) is 0 Å². The number of hydrogen-bond donors (Lipinski definition) is 4. The summed E-state index contributed by atoms with van der Waals surface area (Å²) in [5.41, 5.74) is 9.24. The van der Waals surface area contributed by atoms with Crippen LogP contribution in [0.5, 0.6) is 0 Å². The van der Waals surface area contributed by atoms with E-state index in [1.807, 2.05) is 6.07 Å². The van der Waals surface area contributed by atoms with Crippen molar-refractivity contribution in [3.8, 4) is 0 Å². The highest BCUT2D eigenvalue weighted by Crippen LogP contribution is 2.36. The number of carbonyl (C=O) groups excluding carboxylic acids is 3. The van der Waals surface area contributed by atoms with Crippen LogP contribution in [0.15, 0.2) is 59.6 Å². The molecule has 0 spiro atoms. The average Bonchev–Trinajstić information content (AvgIpc) is 3.43. The Bertz CT molecular complexity index is 1680. The van der Waals surface area contributed by atoms with Crippen LogP contribution < -0.4 is 21.3 Å². The van der Waals surface area contributed by atoms with Crippen LogP contribution >= 0.6 is 23.2 Å². The zero-order chi connectivity index (χ0) is 33.5. The Morgan fingerprint density at radius 3 is 2.45 bits per heavy atom. The molecule has 0 bridgehead atoms. The predicted molar refractivity (Wildman–Crippen MR) is 175 cm³/mol. The Balaban J connectivity index is 1.27. The molecule has 3 aromatic carbocycles. The quantitative estimate of drug-likeness (QED) is 0.146. The summed E-state index contributed by atoms with van der Waals surface area (Å²) in [6.07, 6.45) is -0.150. The molecule has 246 valence electrons. The SMILES string of the molecule is Nc1c(Cl)cc(C(=O)N[C@@H]2N=Cc3cc(NC(=O)C(OCCOCCOCC(=O)O)c4ccccc4)cc4c3N(CC4)C2=O)cc1Cl. The number of hydrogen-bond acceptors (Lipinski definition) is 9. The lowest BCUT2D eigenvalue weighted by atomic mass is 10.1. The first-order valence-corrected chi connectivity index (χ1v) is 15.3. The summed E-state index contributed by atoms with van der Waals surface area (Å²) in [5, 5.41) is 14.4. The maximum absolute atomic E-state index is 13.5. The van der Waals surface area contributed by atoms with E-state index in [0.29, 0.717) is 35.5 Å². The van der Waals surface area contributed by atoms with Crippen molar-refractivity contribution in [2.24, 2.45) is 4.99 Å². The summed E-state index contributed by atoms with van der Waals surface area (Å²) in [5.74, 6) is -2.50. The largest absolute Gasteiger partial charge is 0.480 e. The van der Waals surface area contributed by atoms with Crippen LogP contribution in [0.4, 0.5) is 17.1 Å². The number of nitrogens with two attached hydrogens (primary N) is 1. The van der Waals surface area contributed by atoms with Gasteiger partial charge >= 0.3 is 5.97 Å².